The summed E-state index contributed by atoms with van der Waals surface area (Å²) in [6, 6.07) is 5.44. The van der Waals surface area contributed by atoms with E-state index in [0.717, 1.165) is 24.1 Å². The van der Waals surface area contributed by atoms with Gasteiger partial charge in [0, 0.05) is 11.4 Å². The Morgan fingerprint density at radius 2 is 2.17 bits per heavy atom. The van der Waals surface area contributed by atoms with Crippen LogP contribution in [0.4, 0.5) is 11.4 Å². The first kappa shape index (κ1) is 12.9. The standard InChI is InChI=1S/C14H20N2O2/c1-10-8-11(15)6-7-13(10)16-14(17)9-18-12-4-2-3-5-12/h6-8,12H,2-5,9,15H2,1H3,(H,16,17). The molecule has 0 saturated heterocycles. The fourth-order valence-electron chi connectivity index (χ4n) is 2.26. The normalized spacial score (nSPS) is 15.8. The van der Waals surface area contributed by atoms with Gasteiger partial charge in [-0.2, -0.15) is 0 Å². The lowest BCUT2D eigenvalue weighted by molar-refractivity contribution is -0.122. The molecule has 0 aliphatic heterocycles. The third kappa shape index (κ3) is 3.47. The molecule has 3 N–H and O–H groups in total. The molecule has 1 saturated carbocycles. The van der Waals surface area contributed by atoms with E-state index in [2.05, 4.69) is 5.32 Å². The van der Waals surface area contributed by atoms with E-state index < -0.39 is 0 Å². The molecule has 4 heteroatoms. The molecule has 0 radical (unpaired) electrons. The van der Waals surface area contributed by atoms with Crippen molar-refractivity contribution < 1.29 is 9.53 Å². The lowest BCUT2D eigenvalue weighted by Gasteiger charge is -2.12. The van der Waals surface area contributed by atoms with Gasteiger partial charge >= 0.3 is 0 Å². The van der Waals surface area contributed by atoms with Crippen molar-refractivity contribution >= 4 is 17.3 Å². The van der Waals surface area contributed by atoms with Crippen molar-refractivity contribution in [3.05, 3.63) is 23.8 Å². The number of hydrogen-bond donors (Lipinski definition) is 2. The van der Waals surface area contributed by atoms with Crippen LogP contribution in [0.3, 0.4) is 0 Å². The van der Waals surface area contributed by atoms with E-state index in [1.165, 1.54) is 12.8 Å². The van der Waals surface area contributed by atoms with Gasteiger partial charge in [-0.15, -0.1) is 0 Å². The lowest BCUT2D eigenvalue weighted by Crippen LogP contribution is -2.22. The maximum absolute atomic E-state index is 11.7. The van der Waals surface area contributed by atoms with E-state index in [4.69, 9.17) is 10.5 Å². The van der Waals surface area contributed by atoms with Gasteiger partial charge in [0.1, 0.15) is 6.61 Å². The predicted molar refractivity (Wildman–Crippen MR) is 72.4 cm³/mol. The summed E-state index contributed by atoms with van der Waals surface area (Å²) in [5, 5.41) is 2.84. The van der Waals surface area contributed by atoms with Gasteiger partial charge in [0.05, 0.1) is 6.10 Å². The molecule has 0 spiro atoms. The average Bonchev–Trinajstić information content (AvgIpc) is 2.83. The number of aryl methyl sites for hydroxylation is 1. The second kappa shape index (κ2) is 5.87. The quantitative estimate of drug-likeness (QED) is 0.804. The van der Waals surface area contributed by atoms with Gasteiger partial charge in [0.25, 0.3) is 0 Å². The van der Waals surface area contributed by atoms with Gasteiger partial charge in [0.15, 0.2) is 0 Å². The summed E-state index contributed by atoms with van der Waals surface area (Å²) in [5.74, 6) is -0.102. The number of nitrogens with two attached hydrogens (primary N) is 1. The molecule has 2 rings (SSSR count). The molecule has 0 aromatic heterocycles. The van der Waals surface area contributed by atoms with Crippen LogP contribution in [0.25, 0.3) is 0 Å². The van der Waals surface area contributed by atoms with Crippen molar-refractivity contribution in [3.63, 3.8) is 0 Å². The van der Waals surface area contributed by atoms with E-state index in [0.29, 0.717) is 5.69 Å². The number of ether oxygens (including phenoxy) is 1. The summed E-state index contributed by atoms with van der Waals surface area (Å²) in [7, 11) is 0. The lowest BCUT2D eigenvalue weighted by atomic mass is 10.2. The van der Waals surface area contributed by atoms with E-state index in [-0.39, 0.29) is 18.6 Å². The smallest absolute Gasteiger partial charge is 0.250 e. The van der Waals surface area contributed by atoms with E-state index in [1.54, 1.807) is 6.07 Å². The highest BCUT2D eigenvalue weighted by atomic mass is 16.5. The van der Waals surface area contributed by atoms with Crippen LogP contribution in [-0.4, -0.2) is 18.6 Å². The van der Waals surface area contributed by atoms with Gasteiger partial charge < -0.3 is 15.8 Å². The van der Waals surface area contributed by atoms with Gasteiger partial charge in [-0.25, -0.2) is 0 Å². The Morgan fingerprint density at radius 1 is 1.44 bits per heavy atom. The van der Waals surface area contributed by atoms with Gasteiger partial charge in [-0.05, 0) is 43.5 Å². The Labute approximate surface area is 108 Å². The van der Waals surface area contributed by atoms with Gasteiger partial charge in [-0.3, -0.25) is 4.79 Å². The molecule has 0 heterocycles. The molecular formula is C14H20N2O2. The molecule has 0 unspecified atom stereocenters. The molecule has 1 aromatic rings. The minimum atomic E-state index is -0.102. The molecule has 1 aliphatic rings. The Bertz CT molecular complexity index is 426. The summed E-state index contributed by atoms with van der Waals surface area (Å²) >= 11 is 0. The van der Waals surface area contributed by atoms with Crippen LogP contribution in [0.5, 0.6) is 0 Å². The molecule has 1 aromatic carbocycles. The number of amides is 1. The van der Waals surface area contributed by atoms with Crippen molar-refractivity contribution in [2.45, 2.75) is 38.7 Å². The fraction of sp³-hybridized carbons (Fsp3) is 0.500. The summed E-state index contributed by atoms with van der Waals surface area (Å²) in [5.41, 5.74) is 8.12. The maximum Gasteiger partial charge on any atom is 0.250 e. The van der Waals surface area contributed by atoms with Crippen LogP contribution < -0.4 is 11.1 Å². The van der Waals surface area contributed by atoms with Gasteiger partial charge in [0.2, 0.25) is 5.91 Å². The van der Waals surface area contributed by atoms with Crippen LogP contribution in [0.15, 0.2) is 18.2 Å². The number of nitrogens with one attached hydrogen (secondary N) is 1. The summed E-state index contributed by atoms with van der Waals surface area (Å²) in [6.45, 7) is 2.05. The largest absolute Gasteiger partial charge is 0.399 e. The molecule has 18 heavy (non-hydrogen) atoms. The molecule has 4 nitrogen and oxygen atoms in total. The minimum Gasteiger partial charge on any atom is -0.399 e. The van der Waals surface area contributed by atoms with Crippen LogP contribution in [0.1, 0.15) is 31.2 Å². The zero-order valence-corrected chi connectivity index (χ0v) is 10.7. The monoisotopic (exact) mass is 248 g/mol. The van der Waals surface area contributed by atoms with E-state index in [1.807, 2.05) is 19.1 Å². The third-order valence-corrected chi connectivity index (χ3v) is 3.28. The Hall–Kier alpha value is -1.55. The van der Waals surface area contributed by atoms with Crippen molar-refractivity contribution in [1.82, 2.24) is 0 Å². The highest BCUT2D eigenvalue weighted by molar-refractivity contribution is 5.92. The summed E-state index contributed by atoms with van der Waals surface area (Å²) in [4.78, 5) is 11.7. The van der Waals surface area contributed by atoms with Crippen LogP contribution in [0, 0.1) is 6.92 Å². The minimum absolute atomic E-state index is 0.102. The maximum atomic E-state index is 11.7. The molecule has 0 atom stereocenters. The molecular weight excluding hydrogens is 228 g/mol. The number of benzene rings is 1. The Balaban J connectivity index is 1.82. The number of carbonyl (C=O) groups is 1. The molecule has 1 amide bonds. The number of rotatable bonds is 4. The van der Waals surface area contributed by atoms with Crippen LogP contribution in [0.2, 0.25) is 0 Å². The highest BCUT2D eigenvalue weighted by Crippen LogP contribution is 2.21. The molecule has 1 aliphatic carbocycles. The van der Waals surface area contributed by atoms with Crippen LogP contribution >= 0.6 is 0 Å². The van der Waals surface area contributed by atoms with Crippen molar-refractivity contribution in [1.29, 1.82) is 0 Å². The summed E-state index contributed by atoms with van der Waals surface area (Å²) in [6.07, 6.45) is 4.85. The van der Waals surface area contributed by atoms with E-state index in [9.17, 15) is 4.79 Å². The zero-order chi connectivity index (χ0) is 13.0. The molecule has 1 fully saturated rings. The Kier molecular flexibility index (Phi) is 4.20. The first-order valence-electron chi connectivity index (χ1n) is 6.43. The summed E-state index contributed by atoms with van der Waals surface area (Å²) < 4.78 is 5.56. The molecule has 98 valence electrons. The van der Waals surface area contributed by atoms with Crippen molar-refractivity contribution in [2.24, 2.45) is 0 Å². The second-order valence-corrected chi connectivity index (χ2v) is 4.84. The third-order valence-electron chi connectivity index (χ3n) is 3.28. The molecule has 0 bridgehead atoms. The first-order chi connectivity index (χ1) is 8.65. The second-order valence-electron chi connectivity index (χ2n) is 4.84. The Morgan fingerprint density at radius 3 is 2.83 bits per heavy atom. The number of anilines is 2. The SMILES string of the molecule is Cc1cc(N)ccc1NC(=O)COC1CCCC1. The number of nitrogen functional groups attached to an aromatic ring is 1. The van der Waals surface area contributed by atoms with E-state index >= 15 is 0 Å². The van der Waals surface area contributed by atoms with Crippen molar-refractivity contribution in [2.75, 3.05) is 17.7 Å². The van der Waals surface area contributed by atoms with Gasteiger partial charge in [-0.1, -0.05) is 12.8 Å². The number of hydrogen-bond acceptors (Lipinski definition) is 3. The fourth-order valence-corrected chi connectivity index (χ4v) is 2.26. The topological polar surface area (TPSA) is 64.3 Å². The predicted octanol–water partition coefficient (Wildman–Crippen LogP) is 2.47. The van der Waals surface area contributed by atoms with Crippen molar-refractivity contribution in [3.8, 4) is 0 Å². The average molecular weight is 248 g/mol. The zero-order valence-electron chi connectivity index (χ0n) is 10.7. The first-order valence-corrected chi connectivity index (χ1v) is 6.43. The number of carbonyl (C=O) groups excluding carboxylic acids is 1. The van der Waals surface area contributed by atoms with Crippen LogP contribution in [-0.2, 0) is 9.53 Å². The highest BCUT2D eigenvalue weighted by Gasteiger charge is 2.16.